The number of hydrogen-bond acceptors (Lipinski definition) is 3. The number of halogens is 3. The highest BCUT2D eigenvalue weighted by molar-refractivity contribution is 5.27. The molecule has 0 aromatic heterocycles. The lowest BCUT2D eigenvalue weighted by molar-refractivity contribution is -0.274. The zero-order valence-corrected chi connectivity index (χ0v) is 12.1. The molecule has 0 aliphatic carbocycles. The summed E-state index contributed by atoms with van der Waals surface area (Å²) in [6.07, 6.45) is -2.30. The van der Waals surface area contributed by atoms with Crippen molar-refractivity contribution in [1.29, 1.82) is 0 Å². The van der Waals surface area contributed by atoms with Gasteiger partial charge in [-0.15, -0.1) is 13.2 Å². The van der Waals surface area contributed by atoms with E-state index in [9.17, 15) is 13.2 Å². The molecule has 2 rings (SSSR count). The lowest BCUT2D eigenvalue weighted by Gasteiger charge is -2.32. The van der Waals surface area contributed by atoms with E-state index in [1.54, 1.807) is 12.1 Å². The van der Waals surface area contributed by atoms with Crippen LogP contribution in [0.2, 0.25) is 0 Å². The van der Waals surface area contributed by atoms with E-state index >= 15 is 0 Å². The molecule has 1 unspecified atom stereocenters. The summed E-state index contributed by atoms with van der Waals surface area (Å²) >= 11 is 0. The molecule has 0 bridgehead atoms. The fourth-order valence-electron chi connectivity index (χ4n) is 2.58. The van der Waals surface area contributed by atoms with Gasteiger partial charge in [-0.25, -0.2) is 0 Å². The highest BCUT2D eigenvalue weighted by Gasteiger charge is 2.30. The first-order valence-corrected chi connectivity index (χ1v) is 7.26. The lowest BCUT2D eigenvalue weighted by atomic mass is 10.1. The molecule has 1 aromatic rings. The maximum atomic E-state index is 12.1. The quantitative estimate of drug-likeness (QED) is 0.904. The van der Waals surface area contributed by atoms with Gasteiger partial charge in [-0.05, 0) is 43.6 Å². The summed E-state index contributed by atoms with van der Waals surface area (Å²) in [4.78, 5) is 2.40. The molecule has 3 nitrogen and oxygen atoms in total. The number of alkyl halides is 3. The zero-order chi connectivity index (χ0) is 15.3. The fourth-order valence-corrected chi connectivity index (χ4v) is 2.58. The molecule has 1 aliphatic rings. The van der Waals surface area contributed by atoms with Crippen molar-refractivity contribution in [2.75, 3.05) is 19.6 Å². The number of likely N-dealkylation sites (tertiary alicyclic amines) is 1. The molecule has 1 aromatic carbocycles. The predicted molar refractivity (Wildman–Crippen MR) is 75.1 cm³/mol. The molecule has 118 valence electrons. The lowest BCUT2D eigenvalue weighted by Crippen LogP contribution is -2.45. The summed E-state index contributed by atoms with van der Waals surface area (Å²) in [5.41, 5.74) is 0.957. The number of benzene rings is 1. The third-order valence-corrected chi connectivity index (χ3v) is 3.70. The second kappa shape index (κ2) is 7.13. The van der Waals surface area contributed by atoms with Gasteiger partial charge in [-0.3, -0.25) is 0 Å². The topological polar surface area (TPSA) is 24.5 Å². The number of ether oxygens (including phenoxy) is 1. The van der Waals surface area contributed by atoms with Gasteiger partial charge in [-0.2, -0.15) is 0 Å². The van der Waals surface area contributed by atoms with Crippen LogP contribution >= 0.6 is 0 Å². The van der Waals surface area contributed by atoms with E-state index in [4.69, 9.17) is 0 Å². The van der Waals surface area contributed by atoms with Crippen molar-refractivity contribution >= 4 is 0 Å². The number of hydrogen-bond donors (Lipinski definition) is 1. The summed E-state index contributed by atoms with van der Waals surface area (Å²) in [5.74, 6) is -0.180. The van der Waals surface area contributed by atoms with Crippen LogP contribution in [0.4, 0.5) is 13.2 Å². The average Bonchev–Trinajstić information content (AvgIpc) is 2.45. The summed E-state index contributed by atoms with van der Waals surface area (Å²) in [6, 6.07) is 6.47. The highest BCUT2D eigenvalue weighted by atomic mass is 19.4. The molecule has 1 saturated heterocycles. The Bertz CT molecular complexity index is 434. The van der Waals surface area contributed by atoms with Gasteiger partial charge < -0.3 is 15.0 Å². The van der Waals surface area contributed by atoms with Gasteiger partial charge in [0.15, 0.2) is 0 Å². The first-order chi connectivity index (χ1) is 9.96. The minimum absolute atomic E-state index is 0.180. The third kappa shape index (κ3) is 5.55. The van der Waals surface area contributed by atoms with Gasteiger partial charge in [0.2, 0.25) is 0 Å². The summed E-state index contributed by atoms with van der Waals surface area (Å²) < 4.78 is 40.0. The molecule has 6 heteroatoms. The number of likely N-dealkylation sites (N-methyl/N-ethyl adjacent to an activating group) is 1. The standard InChI is InChI=1S/C15H21F3N2O/c1-2-20-9-3-4-13(11-20)19-10-12-5-7-14(8-6-12)21-15(16,17)18/h5-8,13,19H,2-4,9-11H2,1H3. The maximum absolute atomic E-state index is 12.1. The van der Waals surface area contributed by atoms with Crippen molar-refractivity contribution in [3.05, 3.63) is 29.8 Å². The van der Waals surface area contributed by atoms with Crippen molar-refractivity contribution in [3.63, 3.8) is 0 Å². The maximum Gasteiger partial charge on any atom is 0.573 e. The Morgan fingerprint density at radius 3 is 2.62 bits per heavy atom. The number of nitrogens with one attached hydrogen (secondary N) is 1. The number of piperidine rings is 1. The first-order valence-electron chi connectivity index (χ1n) is 7.26. The predicted octanol–water partition coefficient (Wildman–Crippen LogP) is 3.16. The van der Waals surface area contributed by atoms with Crippen LogP contribution in [0.15, 0.2) is 24.3 Å². The van der Waals surface area contributed by atoms with E-state index in [-0.39, 0.29) is 5.75 Å². The Balaban J connectivity index is 1.81. The molecule has 1 fully saturated rings. The van der Waals surface area contributed by atoms with Crippen molar-refractivity contribution in [3.8, 4) is 5.75 Å². The Morgan fingerprint density at radius 2 is 2.00 bits per heavy atom. The van der Waals surface area contributed by atoms with Gasteiger partial charge in [0.05, 0.1) is 0 Å². The normalized spacial score (nSPS) is 20.5. The van der Waals surface area contributed by atoms with Crippen LogP contribution in [0.25, 0.3) is 0 Å². The van der Waals surface area contributed by atoms with E-state index in [1.807, 2.05) is 0 Å². The molecule has 0 spiro atoms. The molecule has 1 atom stereocenters. The van der Waals surface area contributed by atoms with Crippen LogP contribution in [0.1, 0.15) is 25.3 Å². The minimum Gasteiger partial charge on any atom is -0.406 e. The molecular formula is C15H21F3N2O. The van der Waals surface area contributed by atoms with Crippen molar-refractivity contribution in [2.24, 2.45) is 0 Å². The Kier molecular flexibility index (Phi) is 5.47. The third-order valence-electron chi connectivity index (χ3n) is 3.70. The van der Waals surface area contributed by atoms with E-state index in [0.717, 1.165) is 31.6 Å². The van der Waals surface area contributed by atoms with Crippen LogP contribution < -0.4 is 10.1 Å². The molecule has 21 heavy (non-hydrogen) atoms. The summed E-state index contributed by atoms with van der Waals surface area (Å²) in [6.45, 7) is 6.06. The van der Waals surface area contributed by atoms with Gasteiger partial charge >= 0.3 is 6.36 Å². The molecule has 0 radical (unpaired) electrons. The minimum atomic E-state index is -4.63. The molecule has 1 heterocycles. The first kappa shape index (κ1) is 16.1. The van der Waals surface area contributed by atoms with Crippen LogP contribution in [-0.2, 0) is 6.54 Å². The van der Waals surface area contributed by atoms with Gasteiger partial charge in [0.1, 0.15) is 5.75 Å². The van der Waals surface area contributed by atoms with Crippen LogP contribution in [0.5, 0.6) is 5.75 Å². The second-order valence-corrected chi connectivity index (χ2v) is 5.31. The van der Waals surface area contributed by atoms with Crippen LogP contribution in [0, 0.1) is 0 Å². The average molecular weight is 302 g/mol. The Morgan fingerprint density at radius 1 is 1.29 bits per heavy atom. The van der Waals surface area contributed by atoms with Crippen LogP contribution in [-0.4, -0.2) is 36.9 Å². The van der Waals surface area contributed by atoms with Gasteiger partial charge in [0.25, 0.3) is 0 Å². The van der Waals surface area contributed by atoms with Crippen LogP contribution in [0.3, 0.4) is 0 Å². The van der Waals surface area contributed by atoms with E-state index in [0.29, 0.717) is 12.6 Å². The molecular weight excluding hydrogens is 281 g/mol. The Labute approximate surface area is 123 Å². The summed E-state index contributed by atoms with van der Waals surface area (Å²) in [7, 11) is 0. The number of rotatable bonds is 5. The van der Waals surface area contributed by atoms with Gasteiger partial charge in [0, 0.05) is 19.1 Å². The highest BCUT2D eigenvalue weighted by Crippen LogP contribution is 2.22. The zero-order valence-electron chi connectivity index (χ0n) is 12.1. The largest absolute Gasteiger partial charge is 0.573 e. The Hall–Kier alpha value is -1.27. The van der Waals surface area contributed by atoms with Crippen molar-refractivity contribution < 1.29 is 17.9 Å². The fraction of sp³-hybridized carbons (Fsp3) is 0.600. The van der Waals surface area contributed by atoms with Gasteiger partial charge in [-0.1, -0.05) is 19.1 Å². The molecule has 1 aliphatic heterocycles. The number of nitrogens with zero attached hydrogens (tertiary/aromatic N) is 1. The van der Waals surface area contributed by atoms with Crippen molar-refractivity contribution in [1.82, 2.24) is 10.2 Å². The monoisotopic (exact) mass is 302 g/mol. The SMILES string of the molecule is CCN1CCCC(NCc2ccc(OC(F)(F)F)cc2)C1. The van der Waals surface area contributed by atoms with E-state index < -0.39 is 6.36 Å². The van der Waals surface area contributed by atoms with Crippen molar-refractivity contribution in [2.45, 2.75) is 38.7 Å². The summed E-state index contributed by atoms with van der Waals surface area (Å²) in [5, 5.41) is 3.47. The second-order valence-electron chi connectivity index (χ2n) is 5.31. The van der Waals surface area contributed by atoms with E-state index in [2.05, 4.69) is 21.9 Å². The van der Waals surface area contributed by atoms with E-state index in [1.165, 1.54) is 18.6 Å². The molecule has 1 N–H and O–H groups in total. The molecule has 0 saturated carbocycles. The molecule has 0 amide bonds. The smallest absolute Gasteiger partial charge is 0.406 e.